The minimum atomic E-state index is -0.576. The fourth-order valence-corrected chi connectivity index (χ4v) is 3.91. The average molecular weight is 411 g/mol. The largest absolute Gasteiger partial charge is 0.495 e. The molecule has 3 heterocycles. The number of benzene rings is 1. The summed E-state index contributed by atoms with van der Waals surface area (Å²) < 4.78 is 13.3. The fraction of sp³-hybridized carbons (Fsp3) is 0.150. The van der Waals surface area contributed by atoms with E-state index in [0.717, 1.165) is 4.57 Å². The van der Waals surface area contributed by atoms with Crippen molar-refractivity contribution in [3.05, 3.63) is 80.7 Å². The molecular weight excluding hydrogens is 394 g/mol. The lowest BCUT2D eigenvalue weighted by Crippen LogP contribution is -2.41. The first-order valence-corrected chi connectivity index (χ1v) is 9.62. The van der Waals surface area contributed by atoms with Gasteiger partial charge in [0, 0.05) is 0 Å². The molecule has 0 aliphatic carbocycles. The van der Waals surface area contributed by atoms with Gasteiger partial charge in [-0.05, 0) is 35.7 Å². The third-order valence-electron chi connectivity index (χ3n) is 4.41. The van der Waals surface area contributed by atoms with Crippen LogP contribution in [0.15, 0.2) is 68.1 Å². The zero-order valence-electron chi connectivity index (χ0n) is 15.5. The zero-order valence-corrected chi connectivity index (χ0v) is 16.3. The third kappa shape index (κ3) is 3.59. The highest BCUT2D eigenvalue weighted by Crippen LogP contribution is 2.23. The summed E-state index contributed by atoms with van der Waals surface area (Å²) in [6, 6.07) is 12.0. The number of methoxy groups -OCH3 is 1. The van der Waals surface area contributed by atoms with Crippen LogP contribution in [0.1, 0.15) is 5.76 Å². The first-order valence-electron chi connectivity index (χ1n) is 8.74. The number of ether oxygens (including phenoxy) is 1. The maximum absolute atomic E-state index is 13.0. The molecule has 0 spiro atoms. The SMILES string of the molecule is COc1ccccc1NC(=O)Cn1c(=O)n(Cc2ccco2)c(=O)c2sccc21. The molecule has 1 N–H and O–H groups in total. The molecule has 4 aromatic rings. The van der Waals surface area contributed by atoms with Gasteiger partial charge in [-0.3, -0.25) is 18.7 Å². The Labute approximate surface area is 168 Å². The zero-order chi connectivity index (χ0) is 20.4. The topological polar surface area (TPSA) is 95.5 Å². The monoisotopic (exact) mass is 411 g/mol. The molecule has 1 aromatic carbocycles. The van der Waals surface area contributed by atoms with Gasteiger partial charge < -0.3 is 14.5 Å². The number of furan rings is 1. The molecule has 148 valence electrons. The van der Waals surface area contributed by atoms with Gasteiger partial charge in [0.1, 0.15) is 22.8 Å². The van der Waals surface area contributed by atoms with Crippen molar-refractivity contribution < 1.29 is 13.9 Å². The third-order valence-corrected chi connectivity index (χ3v) is 5.30. The molecular formula is C20H17N3O5S. The molecule has 0 fully saturated rings. The van der Waals surface area contributed by atoms with E-state index in [4.69, 9.17) is 9.15 Å². The lowest BCUT2D eigenvalue weighted by Gasteiger charge is -2.13. The highest BCUT2D eigenvalue weighted by molar-refractivity contribution is 7.17. The first-order chi connectivity index (χ1) is 14.1. The summed E-state index contributed by atoms with van der Waals surface area (Å²) in [6.07, 6.45) is 1.48. The fourth-order valence-electron chi connectivity index (χ4n) is 3.07. The summed E-state index contributed by atoms with van der Waals surface area (Å²) in [4.78, 5) is 38.4. The van der Waals surface area contributed by atoms with Crippen molar-refractivity contribution in [1.29, 1.82) is 0 Å². The van der Waals surface area contributed by atoms with E-state index in [-0.39, 0.29) is 13.1 Å². The van der Waals surface area contributed by atoms with Gasteiger partial charge in [-0.2, -0.15) is 0 Å². The predicted octanol–water partition coefficient (Wildman–Crippen LogP) is 2.51. The second-order valence-electron chi connectivity index (χ2n) is 6.22. The van der Waals surface area contributed by atoms with Crippen molar-refractivity contribution in [2.75, 3.05) is 12.4 Å². The van der Waals surface area contributed by atoms with Gasteiger partial charge in [0.2, 0.25) is 5.91 Å². The van der Waals surface area contributed by atoms with Crippen LogP contribution in [-0.2, 0) is 17.9 Å². The van der Waals surface area contributed by atoms with E-state index >= 15 is 0 Å². The summed E-state index contributed by atoms with van der Waals surface area (Å²) >= 11 is 1.23. The van der Waals surface area contributed by atoms with Crippen LogP contribution in [-0.4, -0.2) is 22.2 Å². The maximum Gasteiger partial charge on any atom is 0.332 e. The number of hydrogen-bond donors (Lipinski definition) is 1. The first kappa shape index (κ1) is 18.8. The highest BCUT2D eigenvalue weighted by atomic mass is 32.1. The molecule has 4 rings (SSSR count). The number of rotatable bonds is 6. The summed E-state index contributed by atoms with van der Waals surface area (Å²) in [5, 5.41) is 4.47. The van der Waals surface area contributed by atoms with Crippen LogP contribution < -0.4 is 21.3 Å². The summed E-state index contributed by atoms with van der Waals surface area (Å²) in [5.41, 5.74) is -0.0559. The van der Waals surface area contributed by atoms with E-state index in [2.05, 4.69) is 5.32 Å². The van der Waals surface area contributed by atoms with E-state index in [1.807, 2.05) is 0 Å². The van der Waals surface area contributed by atoms with Crippen molar-refractivity contribution >= 4 is 33.1 Å². The summed E-state index contributed by atoms with van der Waals surface area (Å²) in [5.74, 6) is 0.578. The lowest BCUT2D eigenvalue weighted by molar-refractivity contribution is -0.116. The van der Waals surface area contributed by atoms with Crippen LogP contribution in [0.3, 0.4) is 0 Å². The Morgan fingerprint density at radius 2 is 1.97 bits per heavy atom. The minimum absolute atomic E-state index is 0.00731. The van der Waals surface area contributed by atoms with Crippen molar-refractivity contribution in [2.45, 2.75) is 13.1 Å². The van der Waals surface area contributed by atoms with Gasteiger partial charge >= 0.3 is 5.69 Å². The standard InChI is InChI=1S/C20H17N3O5S/c1-27-16-7-3-2-6-14(16)21-17(24)12-22-15-8-10-29-18(15)19(25)23(20(22)26)11-13-5-4-9-28-13/h2-10H,11-12H2,1H3,(H,21,24). The number of amides is 1. The molecule has 0 bridgehead atoms. The molecule has 0 unspecified atom stereocenters. The molecule has 9 heteroatoms. The normalized spacial score (nSPS) is 10.9. The number of carbonyl (C=O) groups excluding carboxylic acids is 1. The second-order valence-corrected chi connectivity index (χ2v) is 7.14. The molecule has 0 saturated heterocycles. The molecule has 3 aromatic heterocycles. The molecule has 1 amide bonds. The number of thiophene rings is 1. The predicted molar refractivity (Wildman–Crippen MR) is 110 cm³/mol. The maximum atomic E-state index is 13.0. The quantitative estimate of drug-likeness (QED) is 0.526. The van der Waals surface area contributed by atoms with E-state index < -0.39 is 17.2 Å². The Kier molecular flexibility index (Phi) is 5.05. The molecule has 0 atom stereocenters. The van der Waals surface area contributed by atoms with Crippen LogP contribution in [0.25, 0.3) is 10.2 Å². The van der Waals surface area contributed by atoms with Gasteiger partial charge in [0.25, 0.3) is 5.56 Å². The van der Waals surface area contributed by atoms with E-state index in [1.54, 1.807) is 47.8 Å². The van der Waals surface area contributed by atoms with Crippen molar-refractivity contribution in [2.24, 2.45) is 0 Å². The number of nitrogens with one attached hydrogen (secondary N) is 1. The summed E-state index contributed by atoms with van der Waals surface area (Å²) in [7, 11) is 1.51. The number of aromatic nitrogens is 2. The second kappa shape index (κ2) is 7.80. The van der Waals surface area contributed by atoms with Crippen molar-refractivity contribution in [3.63, 3.8) is 0 Å². The Morgan fingerprint density at radius 3 is 2.72 bits per heavy atom. The van der Waals surface area contributed by atoms with Crippen molar-refractivity contribution in [3.8, 4) is 5.75 Å². The minimum Gasteiger partial charge on any atom is -0.495 e. The van der Waals surface area contributed by atoms with E-state index in [1.165, 1.54) is 29.3 Å². The van der Waals surface area contributed by atoms with Crippen LogP contribution >= 0.6 is 11.3 Å². The smallest absolute Gasteiger partial charge is 0.332 e. The van der Waals surface area contributed by atoms with Gasteiger partial charge in [0.05, 0.1) is 31.1 Å². The number of nitrogens with zero attached hydrogens (tertiary/aromatic N) is 2. The average Bonchev–Trinajstić information content (AvgIpc) is 3.41. The van der Waals surface area contributed by atoms with Gasteiger partial charge in [-0.1, -0.05) is 12.1 Å². The Hall–Kier alpha value is -3.59. The lowest BCUT2D eigenvalue weighted by atomic mass is 10.3. The summed E-state index contributed by atoms with van der Waals surface area (Å²) in [6.45, 7) is -0.255. The van der Waals surface area contributed by atoms with Crippen LogP contribution in [0.4, 0.5) is 5.69 Å². The highest BCUT2D eigenvalue weighted by Gasteiger charge is 2.18. The number of fused-ring (bicyclic) bond motifs is 1. The Bertz CT molecular complexity index is 1280. The van der Waals surface area contributed by atoms with Gasteiger partial charge in [-0.15, -0.1) is 11.3 Å². The van der Waals surface area contributed by atoms with Crippen molar-refractivity contribution in [1.82, 2.24) is 9.13 Å². The molecule has 8 nitrogen and oxygen atoms in total. The number of para-hydroxylation sites is 2. The van der Waals surface area contributed by atoms with Crippen LogP contribution in [0.2, 0.25) is 0 Å². The molecule has 0 aliphatic rings. The molecule has 0 aliphatic heterocycles. The van der Waals surface area contributed by atoms with E-state index in [0.29, 0.717) is 27.4 Å². The molecule has 0 radical (unpaired) electrons. The van der Waals surface area contributed by atoms with Crippen LogP contribution in [0.5, 0.6) is 5.75 Å². The molecule has 29 heavy (non-hydrogen) atoms. The Balaban J connectivity index is 1.71. The number of hydrogen-bond acceptors (Lipinski definition) is 6. The van der Waals surface area contributed by atoms with Crippen LogP contribution in [0, 0.1) is 0 Å². The number of anilines is 1. The molecule has 0 saturated carbocycles. The van der Waals surface area contributed by atoms with Gasteiger partial charge in [-0.25, -0.2) is 4.79 Å². The van der Waals surface area contributed by atoms with Gasteiger partial charge in [0.15, 0.2) is 0 Å². The van der Waals surface area contributed by atoms with E-state index in [9.17, 15) is 14.4 Å². The Morgan fingerprint density at radius 1 is 1.14 bits per heavy atom. The number of carbonyl (C=O) groups is 1.